The lowest BCUT2D eigenvalue weighted by atomic mass is 10.1. The summed E-state index contributed by atoms with van der Waals surface area (Å²) in [4.78, 5) is 24.3. The van der Waals surface area contributed by atoms with E-state index in [4.69, 9.17) is 10.5 Å². The maximum Gasteiger partial charge on any atom is 0.307 e. The van der Waals surface area contributed by atoms with Crippen LogP contribution in [0.1, 0.15) is 12.8 Å². The Morgan fingerprint density at radius 3 is 2.75 bits per heavy atom. The molecule has 0 amide bonds. The van der Waals surface area contributed by atoms with Gasteiger partial charge in [0.1, 0.15) is 11.8 Å². The molecule has 11 heteroatoms. The quantitative estimate of drug-likeness (QED) is 0.288. The second kappa shape index (κ2) is 9.28. The number of carbonyl (C=O) groups is 1. The Morgan fingerprint density at radius 1 is 1.09 bits per heavy atom. The third-order valence-electron chi connectivity index (χ3n) is 4.89. The summed E-state index contributed by atoms with van der Waals surface area (Å²) in [7, 11) is -3.72. The number of ether oxygens (including phenoxy) is 1. The smallest absolute Gasteiger partial charge is 0.307 e. The van der Waals surface area contributed by atoms with E-state index in [1.54, 1.807) is 29.1 Å². The third kappa shape index (κ3) is 4.84. The lowest BCUT2D eigenvalue weighted by molar-refractivity contribution is -0.143. The molecule has 0 atom stereocenters. The first kappa shape index (κ1) is 21.7. The molecular weight excluding hydrogens is 432 g/mol. The fourth-order valence-electron chi connectivity index (χ4n) is 3.26. The van der Waals surface area contributed by atoms with Gasteiger partial charge in [-0.05, 0) is 29.3 Å². The SMILES string of the molecule is Nc1ncnc2c1ncn2CCCOC(=O)CCNS(=O)(=O)c1ccc2ccccc2c1. The zero-order valence-electron chi connectivity index (χ0n) is 17.1. The fourth-order valence-corrected chi connectivity index (χ4v) is 4.33. The Labute approximate surface area is 184 Å². The molecule has 10 nitrogen and oxygen atoms in total. The molecule has 166 valence electrons. The number of imidazole rings is 1. The first-order valence-electron chi connectivity index (χ1n) is 9.99. The summed E-state index contributed by atoms with van der Waals surface area (Å²) in [5.74, 6) is -0.167. The largest absolute Gasteiger partial charge is 0.466 e. The van der Waals surface area contributed by atoms with Gasteiger partial charge in [-0.15, -0.1) is 0 Å². The molecule has 0 fully saturated rings. The van der Waals surface area contributed by atoms with Crippen molar-refractivity contribution in [2.45, 2.75) is 24.3 Å². The number of anilines is 1. The molecule has 2 aromatic carbocycles. The predicted molar refractivity (Wildman–Crippen MR) is 119 cm³/mol. The molecule has 3 N–H and O–H groups in total. The highest BCUT2D eigenvalue weighted by Gasteiger charge is 2.15. The second-order valence-electron chi connectivity index (χ2n) is 7.10. The summed E-state index contributed by atoms with van der Waals surface area (Å²) in [6.45, 7) is 0.682. The van der Waals surface area contributed by atoms with Crippen molar-refractivity contribution in [1.82, 2.24) is 24.2 Å². The van der Waals surface area contributed by atoms with E-state index in [-0.39, 0.29) is 24.5 Å². The summed E-state index contributed by atoms with van der Waals surface area (Å²) in [5, 5.41) is 1.78. The van der Waals surface area contributed by atoms with E-state index in [2.05, 4.69) is 19.7 Å². The van der Waals surface area contributed by atoms with Gasteiger partial charge >= 0.3 is 5.97 Å². The van der Waals surface area contributed by atoms with Crippen molar-refractivity contribution in [3.8, 4) is 0 Å². The number of nitrogens with zero attached hydrogens (tertiary/aromatic N) is 4. The number of hydrogen-bond donors (Lipinski definition) is 2. The van der Waals surface area contributed by atoms with E-state index < -0.39 is 16.0 Å². The van der Waals surface area contributed by atoms with Crippen LogP contribution in [-0.2, 0) is 26.1 Å². The lowest BCUT2D eigenvalue weighted by Gasteiger charge is -2.09. The van der Waals surface area contributed by atoms with Crippen LogP contribution in [0.5, 0.6) is 0 Å². The van der Waals surface area contributed by atoms with E-state index in [0.717, 1.165) is 10.8 Å². The number of esters is 1. The Kier molecular flexibility index (Phi) is 6.28. The number of nitrogens with two attached hydrogens (primary N) is 1. The number of rotatable bonds is 9. The Bertz CT molecular complexity index is 1370. The number of nitrogens with one attached hydrogen (secondary N) is 1. The van der Waals surface area contributed by atoms with Crippen LogP contribution in [0, 0.1) is 0 Å². The first-order chi connectivity index (χ1) is 15.4. The minimum atomic E-state index is -3.72. The molecule has 0 radical (unpaired) electrons. The molecule has 0 saturated carbocycles. The number of hydrogen-bond acceptors (Lipinski definition) is 8. The van der Waals surface area contributed by atoms with Crippen molar-refractivity contribution in [3.05, 3.63) is 55.1 Å². The van der Waals surface area contributed by atoms with Crippen LogP contribution in [0.25, 0.3) is 21.9 Å². The lowest BCUT2D eigenvalue weighted by Crippen LogP contribution is -2.26. The average Bonchev–Trinajstić information content (AvgIpc) is 3.20. The van der Waals surface area contributed by atoms with Gasteiger partial charge in [0.25, 0.3) is 0 Å². The van der Waals surface area contributed by atoms with Crippen LogP contribution in [0.15, 0.2) is 60.0 Å². The predicted octanol–water partition coefficient (Wildman–Crippen LogP) is 1.86. The molecule has 0 spiro atoms. The number of aromatic nitrogens is 4. The third-order valence-corrected chi connectivity index (χ3v) is 6.35. The van der Waals surface area contributed by atoms with E-state index >= 15 is 0 Å². The van der Waals surface area contributed by atoms with Crippen LogP contribution in [0.3, 0.4) is 0 Å². The first-order valence-corrected chi connectivity index (χ1v) is 11.5. The summed E-state index contributed by atoms with van der Waals surface area (Å²) < 4.78 is 34.4. The Morgan fingerprint density at radius 2 is 1.91 bits per heavy atom. The fraction of sp³-hybridized carbons (Fsp3) is 0.238. The summed E-state index contributed by atoms with van der Waals surface area (Å²) in [6.07, 6.45) is 3.46. The standard InChI is InChI=1S/C21H22N6O4S/c22-20-19-21(24-13-23-20)27(14-25-19)10-3-11-31-18(28)8-9-26-32(29,30)17-7-6-15-4-1-2-5-16(15)12-17/h1-2,4-7,12-14,26H,3,8-11H2,(H2,22,23,24). The minimum absolute atomic E-state index is 0.0453. The maximum absolute atomic E-state index is 12.5. The summed E-state index contributed by atoms with van der Waals surface area (Å²) >= 11 is 0. The van der Waals surface area contributed by atoms with Gasteiger partial charge in [-0.1, -0.05) is 30.3 Å². The summed E-state index contributed by atoms with van der Waals surface area (Å²) in [6, 6.07) is 12.4. The van der Waals surface area contributed by atoms with Crippen molar-refractivity contribution in [3.63, 3.8) is 0 Å². The highest BCUT2D eigenvalue weighted by molar-refractivity contribution is 7.89. The van der Waals surface area contributed by atoms with E-state index in [9.17, 15) is 13.2 Å². The number of aryl methyl sites for hydroxylation is 1. The van der Waals surface area contributed by atoms with Crippen molar-refractivity contribution in [2.75, 3.05) is 18.9 Å². The topological polar surface area (TPSA) is 142 Å². The normalized spacial score (nSPS) is 11.8. The van der Waals surface area contributed by atoms with Crippen LogP contribution >= 0.6 is 0 Å². The molecular formula is C21H22N6O4S. The van der Waals surface area contributed by atoms with Crippen molar-refractivity contribution in [2.24, 2.45) is 0 Å². The molecule has 2 aromatic heterocycles. The number of carbonyl (C=O) groups excluding carboxylic acids is 1. The van der Waals surface area contributed by atoms with Gasteiger partial charge in [0.05, 0.1) is 24.3 Å². The van der Waals surface area contributed by atoms with Gasteiger partial charge < -0.3 is 15.0 Å². The number of benzene rings is 2. The second-order valence-corrected chi connectivity index (χ2v) is 8.87. The van der Waals surface area contributed by atoms with Crippen LogP contribution in [0.2, 0.25) is 0 Å². The van der Waals surface area contributed by atoms with E-state index in [0.29, 0.717) is 29.9 Å². The monoisotopic (exact) mass is 454 g/mol. The minimum Gasteiger partial charge on any atom is -0.466 e. The Hall–Kier alpha value is -3.57. The highest BCUT2D eigenvalue weighted by Crippen LogP contribution is 2.19. The van der Waals surface area contributed by atoms with E-state index in [1.807, 2.05) is 24.3 Å². The molecule has 4 rings (SSSR count). The molecule has 4 aromatic rings. The maximum atomic E-state index is 12.5. The summed E-state index contributed by atoms with van der Waals surface area (Å²) in [5.41, 5.74) is 6.91. The van der Waals surface area contributed by atoms with Crippen LogP contribution in [-0.4, -0.2) is 47.1 Å². The van der Waals surface area contributed by atoms with Crippen LogP contribution in [0.4, 0.5) is 5.82 Å². The van der Waals surface area contributed by atoms with Crippen LogP contribution < -0.4 is 10.5 Å². The zero-order chi connectivity index (χ0) is 22.6. The number of nitrogen functional groups attached to an aromatic ring is 1. The number of sulfonamides is 1. The zero-order valence-corrected chi connectivity index (χ0v) is 18.0. The van der Waals surface area contributed by atoms with Gasteiger partial charge in [-0.25, -0.2) is 28.1 Å². The molecule has 0 saturated heterocycles. The molecule has 0 aliphatic heterocycles. The van der Waals surface area contributed by atoms with Gasteiger partial charge in [0.2, 0.25) is 10.0 Å². The van der Waals surface area contributed by atoms with Gasteiger partial charge in [0, 0.05) is 13.1 Å². The van der Waals surface area contributed by atoms with Gasteiger partial charge in [-0.2, -0.15) is 0 Å². The molecule has 0 aliphatic carbocycles. The van der Waals surface area contributed by atoms with E-state index in [1.165, 1.54) is 6.33 Å². The van der Waals surface area contributed by atoms with Crippen molar-refractivity contribution in [1.29, 1.82) is 0 Å². The molecule has 0 unspecified atom stereocenters. The molecule has 32 heavy (non-hydrogen) atoms. The molecule has 0 aliphatic rings. The average molecular weight is 455 g/mol. The van der Waals surface area contributed by atoms with Gasteiger partial charge in [-0.3, -0.25) is 4.79 Å². The molecule has 2 heterocycles. The number of fused-ring (bicyclic) bond motifs is 2. The Balaban J connectivity index is 1.22. The van der Waals surface area contributed by atoms with Crippen molar-refractivity contribution >= 4 is 43.7 Å². The highest BCUT2D eigenvalue weighted by atomic mass is 32.2. The van der Waals surface area contributed by atoms with Crippen molar-refractivity contribution < 1.29 is 17.9 Å². The molecule has 0 bridgehead atoms. The van der Waals surface area contributed by atoms with Gasteiger partial charge in [0.15, 0.2) is 11.5 Å².